The minimum atomic E-state index is -0.187. The second-order valence-electron chi connectivity index (χ2n) is 16.9. The Balaban J connectivity index is 1.10. The summed E-state index contributed by atoms with van der Waals surface area (Å²) in [6, 6.07) is 56.7. The minimum Gasteiger partial charge on any atom is -0.455 e. The van der Waals surface area contributed by atoms with Crippen molar-refractivity contribution in [2.45, 2.75) is 45.4 Å². The molecule has 0 radical (unpaired) electrons. The Morgan fingerprint density at radius 3 is 1.69 bits per heavy atom. The van der Waals surface area contributed by atoms with Crippen LogP contribution in [0.15, 0.2) is 156 Å². The maximum Gasteiger partial charge on any atom is 0.143 e. The van der Waals surface area contributed by atoms with Gasteiger partial charge in [-0.1, -0.05) is 162 Å². The van der Waals surface area contributed by atoms with Gasteiger partial charge in [0, 0.05) is 21.8 Å². The molecule has 0 saturated heterocycles. The van der Waals surface area contributed by atoms with Crippen molar-refractivity contribution in [2.24, 2.45) is 0 Å². The Hall–Kier alpha value is -6.18. The fourth-order valence-electron chi connectivity index (χ4n) is 9.49. The average molecular weight is 693 g/mol. The molecule has 1 heteroatoms. The van der Waals surface area contributed by atoms with Crippen molar-refractivity contribution >= 4 is 54.3 Å². The molecule has 9 aromatic carbocycles. The highest BCUT2D eigenvalue weighted by molar-refractivity contribution is 6.28. The number of fused-ring (bicyclic) bond motifs is 6. The predicted molar refractivity (Wildman–Crippen MR) is 230 cm³/mol. The highest BCUT2D eigenvalue weighted by Gasteiger charge is 2.36. The first-order chi connectivity index (χ1) is 26.1. The standard InChI is InChI=1S/C53H40O/c1-52(2,3)36-26-34-20-24-41-44(31-12-7-6-8-13-31)30-45(42-25-21-35(27-36)49(34)50(41)42)33-19-23-39-38-22-18-32(28-46(38)53(4,5)47(39)29-33)37-15-11-16-43-40-14-9-10-17-48(40)54-51(37)43/h6-30H,1-5H3. The summed E-state index contributed by atoms with van der Waals surface area (Å²) in [6.07, 6.45) is 0. The molecule has 54 heavy (non-hydrogen) atoms. The Morgan fingerprint density at radius 2 is 1.02 bits per heavy atom. The van der Waals surface area contributed by atoms with Crippen LogP contribution in [0.1, 0.15) is 51.3 Å². The third-order valence-corrected chi connectivity index (χ3v) is 12.4. The molecule has 0 fully saturated rings. The maximum atomic E-state index is 6.48. The van der Waals surface area contributed by atoms with Crippen LogP contribution in [0.25, 0.3) is 98.8 Å². The van der Waals surface area contributed by atoms with Gasteiger partial charge in [-0.15, -0.1) is 0 Å². The first kappa shape index (κ1) is 31.4. The van der Waals surface area contributed by atoms with Gasteiger partial charge < -0.3 is 4.42 Å². The van der Waals surface area contributed by atoms with E-state index in [4.69, 9.17) is 4.42 Å². The number of hydrogen-bond donors (Lipinski definition) is 0. The van der Waals surface area contributed by atoms with Crippen molar-refractivity contribution in [3.8, 4) is 44.5 Å². The van der Waals surface area contributed by atoms with E-state index in [9.17, 15) is 0 Å². The van der Waals surface area contributed by atoms with Crippen molar-refractivity contribution < 1.29 is 4.42 Å². The topological polar surface area (TPSA) is 13.1 Å². The van der Waals surface area contributed by atoms with E-state index >= 15 is 0 Å². The van der Waals surface area contributed by atoms with Crippen LogP contribution in [-0.4, -0.2) is 0 Å². The summed E-state index contributed by atoms with van der Waals surface area (Å²) in [4.78, 5) is 0. The van der Waals surface area contributed by atoms with Gasteiger partial charge in [0.15, 0.2) is 0 Å². The summed E-state index contributed by atoms with van der Waals surface area (Å²) in [5, 5.41) is 10.3. The first-order valence-electron chi connectivity index (χ1n) is 19.2. The molecule has 10 aromatic rings. The van der Waals surface area contributed by atoms with Gasteiger partial charge in [-0.05, 0) is 118 Å². The maximum absolute atomic E-state index is 6.48. The molecule has 0 bridgehead atoms. The van der Waals surface area contributed by atoms with Crippen LogP contribution in [0.4, 0.5) is 0 Å². The molecule has 258 valence electrons. The fourth-order valence-corrected chi connectivity index (χ4v) is 9.49. The van der Waals surface area contributed by atoms with Crippen LogP contribution in [0.5, 0.6) is 0 Å². The van der Waals surface area contributed by atoms with Gasteiger partial charge in [-0.3, -0.25) is 0 Å². The zero-order valence-electron chi connectivity index (χ0n) is 31.3. The van der Waals surface area contributed by atoms with Crippen molar-refractivity contribution in [2.75, 3.05) is 0 Å². The van der Waals surface area contributed by atoms with E-state index in [-0.39, 0.29) is 10.8 Å². The smallest absolute Gasteiger partial charge is 0.143 e. The van der Waals surface area contributed by atoms with Crippen LogP contribution in [0.3, 0.4) is 0 Å². The highest BCUT2D eigenvalue weighted by atomic mass is 16.3. The molecule has 0 spiro atoms. The van der Waals surface area contributed by atoms with E-state index in [0.717, 1.165) is 27.5 Å². The largest absolute Gasteiger partial charge is 0.455 e. The zero-order chi connectivity index (χ0) is 36.5. The van der Waals surface area contributed by atoms with Gasteiger partial charge in [0.2, 0.25) is 0 Å². The lowest BCUT2D eigenvalue weighted by molar-refractivity contribution is 0.591. The van der Waals surface area contributed by atoms with Crippen LogP contribution in [0, 0.1) is 0 Å². The summed E-state index contributed by atoms with van der Waals surface area (Å²) in [5.74, 6) is 0. The van der Waals surface area contributed by atoms with Crippen LogP contribution >= 0.6 is 0 Å². The fraction of sp³-hybridized carbons (Fsp3) is 0.132. The van der Waals surface area contributed by atoms with Crippen molar-refractivity contribution in [3.63, 3.8) is 0 Å². The molecule has 0 aliphatic heterocycles. The lowest BCUT2D eigenvalue weighted by Crippen LogP contribution is -2.15. The number of para-hydroxylation sites is 2. The SMILES string of the molecule is CC(C)(C)c1cc2ccc3c(-c4ccccc4)cc(-c4ccc5c(c4)C(C)(C)c4cc(-c6cccc7c6oc6ccccc67)ccc4-5)c4ccc(c1)c2c34. The Morgan fingerprint density at radius 1 is 0.426 bits per heavy atom. The van der Waals surface area contributed by atoms with E-state index < -0.39 is 0 Å². The number of benzene rings is 9. The molecule has 1 heterocycles. The monoisotopic (exact) mass is 692 g/mol. The van der Waals surface area contributed by atoms with Crippen LogP contribution in [-0.2, 0) is 10.8 Å². The summed E-state index contributed by atoms with van der Waals surface area (Å²) in [7, 11) is 0. The Bertz CT molecular complexity index is 3130. The minimum absolute atomic E-state index is 0.0706. The molecule has 1 aromatic heterocycles. The van der Waals surface area contributed by atoms with Crippen LogP contribution < -0.4 is 0 Å². The zero-order valence-corrected chi connectivity index (χ0v) is 31.3. The third kappa shape index (κ3) is 4.39. The van der Waals surface area contributed by atoms with Crippen molar-refractivity contribution in [1.82, 2.24) is 0 Å². The summed E-state index contributed by atoms with van der Waals surface area (Å²) < 4.78 is 6.48. The highest BCUT2D eigenvalue weighted by Crippen LogP contribution is 2.52. The van der Waals surface area contributed by atoms with E-state index in [2.05, 4.69) is 180 Å². The van der Waals surface area contributed by atoms with Gasteiger partial charge in [-0.2, -0.15) is 0 Å². The lowest BCUT2D eigenvalue weighted by Gasteiger charge is -2.24. The Kier molecular flexibility index (Phi) is 6.35. The van der Waals surface area contributed by atoms with E-state index in [0.29, 0.717) is 0 Å². The van der Waals surface area contributed by atoms with Gasteiger partial charge >= 0.3 is 0 Å². The number of rotatable bonds is 3. The molecule has 1 aliphatic carbocycles. The van der Waals surface area contributed by atoms with Gasteiger partial charge in [0.1, 0.15) is 11.2 Å². The quantitative estimate of drug-likeness (QED) is 0.168. The summed E-state index contributed by atoms with van der Waals surface area (Å²) >= 11 is 0. The molecular formula is C53H40O. The van der Waals surface area contributed by atoms with Gasteiger partial charge in [0.05, 0.1) is 0 Å². The molecule has 0 amide bonds. The molecule has 1 aliphatic rings. The molecular weight excluding hydrogens is 653 g/mol. The van der Waals surface area contributed by atoms with E-state index in [1.807, 2.05) is 6.07 Å². The van der Waals surface area contributed by atoms with E-state index in [1.54, 1.807) is 0 Å². The molecule has 1 nitrogen and oxygen atoms in total. The molecule has 0 saturated carbocycles. The third-order valence-electron chi connectivity index (χ3n) is 12.4. The summed E-state index contributed by atoms with van der Waals surface area (Å²) in [5.41, 5.74) is 15.9. The second-order valence-corrected chi connectivity index (χ2v) is 16.9. The van der Waals surface area contributed by atoms with Crippen LogP contribution in [0.2, 0.25) is 0 Å². The van der Waals surface area contributed by atoms with Crippen molar-refractivity contribution in [1.29, 1.82) is 0 Å². The second kappa shape index (κ2) is 10.9. The number of furan rings is 1. The Labute approximate surface area is 315 Å². The molecule has 11 rings (SSSR count). The average Bonchev–Trinajstić information content (AvgIpc) is 3.68. The normalized spacial score (nSPS) is 13.8. The first-order valence-corrected chi connectivity index (χ1v) is 19.2. The van der Waals surface area contributed by atoms with E-state index in [1.165, 1.54) is 88.0 Å². The van der Waals surface area contributed by atoms with Gasteiger partial charge in [0.25, 0.3) is 0 Å². The number of hydrogen-bond acceptors (Lipinski definition) is 1. The lowest BCUT2D eigenvalue weighted by atomic mass is 9.79. The predicted octanol–water partition coefficient (Wildman–Crippen LogP) is 15.1. The molecule has 0 N–H and O–H groups in total. The van der Waals surface area contributed by atoms with Crippen molar-refractivity contribution in [3.05, 3.63) is 168 Å². The van der Waals surface area contributed by atoms with Gasteiger partial charge in [-0.25, -0.2) is 0 Å². The molecule has 0 atom stereocenters. The summed E-state index contributed by atoms with van der Waals surface area (Å²) in [6.45, 7) is 11.7. The molecule has 0 unspecified atom stereocenters.